The largest absolute Gasteiger partial charge is 0.490 e. The van der Waals surface area contributed by atoms with Gasteiger partial charge in [0.15, 0.2) is 0 Å². The number of ether oxygens (including phenoxy) is 3. The minimum absolute atomic E-state index is 0.00200. The molecule has 2 aromatic carbocycles. The van der Waals surface area contributed by atoms with Gasteiger partial charge < -0.3 is 25.3 Å². The number of hydrogen-bond acceptors (Lipinski definition) is 6. The smallest absolute Gasteiger partial charge is 0.436 e. The molecule has 9 heteroatoms. The lowest BCUT2D eigenvalue weighted by atomic mass is 10.00. The number of aryl methyl sites for hydroxylation is 1. The predicted octanol–water partition coefficient (Wildman–Crippen LogP) is 4.23. The molecule has 9 nitrogen and oxygen atoms in total. The number of carbonyl (C=O) groups excluding carboxylic acids is 3. The predicted molar refractivity (Wildman–Crippen MR) is 132 cm³/mol. The summed E-state index contributed by atoms with van der Waals surface area (Å²) in [5.41, 5.74) is 7.73. The molecule has 1 aliphatic rings. The molecule has 2 aromatic rings. The highest BCUT2D eigenvalue weighted by atomic mass is 16.6. The van der Waals surface area contributed by atoms with Crippen molar-refractivity contribution in [1.82, 2.24) is 0 Å². The summed E-state index contributed by atoms with van der Waals surface area (Å²) >= 11 is 0. The molecule has 0 fully saturated rings. The molecule has 0 spiro atoms. The van der Waals surface area contributed by atoms with Crippen LogP contribution in [-0.2, 0) is 20.7 Å². The van der Waals surface area contributed by atoms with Crippen LogP contribution in [-0.4, -0.2) is 42.1 Å². The first-order valence-electron chi connectivity index (χ1n) is 11.5. The van der Waals surface area contributed by atoms with Crippen LogP contribution in [0.4, 0.5) is 10.5 Å². The number of esters is 1. The topological polar surface area (TPSA) is 129 Å². The average Bonchev–Trinajstić information content (AvgIpc) is 2.78. The van der Waals surface area contributed by atoms with Gasteiger partial charge in [0.1, 0.15) is 23.3 Å². The number of benzene rings is 2. The summed E-state index contributed by atoms with van der Waals surface area (Å²) in [4.78, 5) is 40.0. The van der Waals surface area contributed by atoms with E-state index >= 15 is 0 Å². The first-order chi connectivity index (χ1) is 16.5. The molecular weight excluding hydrogens is 450 g/mol. The summed E-state index contributed by atoms with van der Waals surface area (Å²) in [6.45, 7) is 7.34. The number of fused-ring (bicyclic) bond motifs is 1. The maximum Gasteiger partial charge on any atom is 0.436 e. The number of aliphatic imine (C=N–C) groups is 1. The second-order valence-corrected chi connectivity index (χ2v) is 9.12. The van der Waals surface area contributed by atoms with E-state index in [1.165, 1.54) is 0 Å². The van der Waals surface area contributed by atoms with Gasteiger partial charge in [0.05, 0.1) is 13.0 Å². The van der Waals surface area contributed by atoms with Crippen molar-refractivity contribution in [2.45, 2.75) is 58.7 Å². The number of nitrogens with two attached hydrogens (primary N) is 1. The normalized spacial score (nSPS) is 15.4. The summed E-state index contributed by atoms with van der Waals surface area (Å²) in [5, 5.41) is 2.87. The van der Waals surface area contributed by atoms with E-state index in [-0.39, 0.29) is 30.2 Å². The zero-order valence-corrected chi connectivity index (χ0v) is 20.4. The number of carbonyl (C=O) groups is 3. The number of nitrogens with one attached hydrogen (secondary N) is 1. The van der Waals surface area contributed by atoms with Gasteiger partial charge in [0, 0.05) is 16.8 Å². The first kappa shape index (κ1) is 25.7. The third-order valence-corrected chi connectivity index (χ3v) is 5.10. The van der Waals surface area contributed by atoms with E-state index in [0.29, 0.717) is 35.6 Å². The van der Waals surface area contributed by atoms with E-state index < -0.39 is 11.7 Å². The number of amides is 2. The van der Waals surface area contributed by atoms with Gasteiger partial charge in [-0.2, -0.15) is 4.99 Å². The molecular formula is C26H31N3O6. The molecule has 35 heavy (non-hydrogen) atoms. The molecule has 1 unspecified atom stereocenters. The third kappa shape index (κ3) is 7.56. The van der Waals surface area contributed by atoms with E-state index in [1.54, 1.807) is 64.1 Å². The second-order valence-electron chi connectivity index (χ2n) is 9.12. The summed E-state index contributed by atoms with van der Waals surface area (Å²) in [5.74, 6) is 0.139. The monoisotopic (exact) mass is 481 g/mol. The van der Waals surface area contributed by atoms with E-state index in [1.807, 2.05) is 6.07 Å². The third-order valence-electron chi connectivity index (χ3n) is 5.10. The molecule has 0 aliphatic carbocycles. The summed E-state index contributed by atoms with van der Waals surface area (Å²) in [6, 6.07) is 11.8. The van der Waals surface area contributed by atoms with Crippen molar-refractivity contribution in [3.8, 4) is 5.75 Å². The van der Waals surface area contributed by atoms with Crippen LogP contribution in [0.1, 0.15) is 62.0 Å². The maximum absolute atomic E-state index is 12.7. The molecule has 0 saturated heterocycles. The molecule has 3 N–H and O–H groups in total. The number of amidine groups is 1. The molecule has 0 saturated carbocycles. The Labute approximate surface area is 204 Å². The molecule has 1 heterocycles. The van der Waals surface area contributed by atoms with Gasteiger partial charge in [0.25, 0.3) is 5.91 Å². The lowest BCUT2D eigenvalue weighted by Crippen LogP contribution is -2.26. The van der Waals surface area contributed by atoms with Crippen molar-refractivity contribution >= 4 is 29.5 Å². The van der Waals surface area contributed by atoms with Crippen molar-refractivity contribution in [3.05, 3.63) is 59.2 Å². The van der Waals surface area contributed by atoms with E-state index in [0.717, 1.165) is 12.0 Å². The second kappa shape index (κ2) is 11.0. The summed E-state index contributed by atoms with van der Waals surface area (Å²) in [6.07, 6.45) is 0.645. The average molecular weight is 482 g/mol. The quantitative estimate of drug-likeness (QED) is 0.359. The zero-order valence-electron chi connectivity index (χ0n) is 20.4. The Morgan fingerprint density at radius 2 is 1.80 bits per heavy atom. The minimum atomic E-state index is -0.777. The van der Waals surface area contributed by atoms with Crippen LogP contribution in [0.2, 0.25) is 0 Å². The lowest BCUT2D eigenvalue weighted by Gasteiger charge is -2.26. The van der Waals surface area contributed by atoms with E-state index in [2.05, 4.69) is 10.3 Å². The van der Waals surface area contributed by atoms with Gasteiger partial charge in [-0.15, -0.1) is 0 Å². The number of anilines is 1. The van der Waals surface area contributed by atoms with Crippen molar-refractivity contribution in [2.24, 2.45) is 10.7 Å². The Kier molecular flexibility index (Phi) is 8.11. The van der Waals surface area contributed by atoms with Gasteiger partial charge in [-0.3, -0.25) is 9.59 Å². The van der Waals surface area contributed by atoms with Crippen LogP contribution >= 0.6 is 0 Å². The fourth-order valence-electron chi connectivity index (χ4n) is 3.52. The molecule has 186 valence electrons. The summed E-state index contributed by atoms with van der Waals surface area (Å²) in [7, 11) is 0. The summed E-state index contributed by atoms with van der Waals surface area (Å²) < 4.78 is 16.0. The van der Waals surface area contributed by atoms with Crippen LogP contribution in [0.5, 0.6) is 5.75 Å². The number of rotatable bonds is 6. The van der Waals surface area contributed by atoms with Crippen LogP contribution < -0.4 is 15.8 Å². The van der Waals surface area contributed by atoms with Gasteiger partial charge in [0.2, 0.25) is 0 Å². The Bertz CT molecular complexity index is 1120. The Hall–Kier alpha value is -3.88. The van der Waals surface area contributed by atoms with Crippen molar-refractivity contribution in [1.29, 1.82) is 0 Å². The van der Waals surface area contributed by atoms with E-state index in [4.69, 9.17) is 19.9 Å². The molecule has 0 aromatic heterocycles. The molecule has 0 bridgehead atoms. The Morgan fingerprint density at radius 1 is 1.11 bits per heavy atom. The fraction of sp³-hybridized carbons (Fsp3) is 0.385. The number of nitrogens with zero attached hydrogens (tertiary/aromatic N) is 1. The molecule has 1 aliphatic heterocycles. The standard InChI is InChI=1S/C26H31N3O6/c1-5-33-22(30)15-20-12-10-18-14-19(11-13-21(18)34-20)28-24(31)17-8-6-16(7-9-17)23(27)29-25(32)35-26(2,3)4/h6-9,11,13-14,20H,5,10,12,15H2,1-4H3,(H,28,31)(H2,27,29,32). The highest BCUT2D eigenvalue weighted by Gasteiger charge is 2.23. The Morgan fingerprint density at radius 3 is 2.46 bits per heavy atom. The van der Waals surface area contributed by atoms with Crippen molar-refractivity contribution in [3.63, 3.8) is 0 Å². The fourth-order valence-corrected chi connectivity index (χ4v) is 3.52. The van der Waals surface area contributed by atoms with Crippen LogP contribution in [0.25, 0.3) is 0 Å². The van der Waals surface area contributed by atoms with Crippen molar-refractivity contribution in [2.75, 3.05) is 11.9 Å². The maximum atomic E-state index is 12.7. The molecule has 1 atom stereocenters. The lowest BCUT2D eigenvalue weighted by molar-refractivity contribution is -0.145. The zero-order chi connectivity index (χ0) is 25.6. The highest BCUT2D eigenvalue weighted by molar-refractivity contribution is 6.06. The van der Waals surface area contributed by atoms with Crippen molar-refractivity contribution < 1.29 is 28.6 Å². The van der Waals surface area contributed by atoms with Crippen LogP contribution in [0.3, 0.4) is 0 Å². The van der Waals surface area contributed by atoms with Gasteiger partial charge >= 0.3 is 12.1 Å². The highest BCUT2D eigenvalue weighted by Crippen LogP contribution is 2.31. The minimum Gasteiger partial charge on any atom is -0.490 e. The molecule has 3 rings (SSSR count). The first-order valence-corrected chi connectivity index (χ1v) is 11.5. The van der Waals surface area contributed by atoms with Gasteiger partial charge in [-0.1, -0.05) is 12.1 Å². The number of hydrogen-bond donors (Lipinski definition) is 2. The molecule has 0 radical (unpaired) electrons. The molecule has 2 amide bonds. The van der Waals surface area contributed by atoms with Crippen LogP contribution in [0.15, 0.2) is 47.5 Å². The van der Waals surface area contributed by atoms with E-state index in [9.17, 15) is 14.4 Å². The van der Waals surface area contributed by atoms with Gasteiger partial charge in [-0.05, 0) is 76.4 Å². The van der Waals surface area contributed by atoms with Crippen LogP contribution in [0, 0.1) is 0 Å². The SMILES string of the molecule is CCOC(=O)CC1CCc2cc(NC(=O)c3ccc(/C(N)=N/C(=O)OC(C)(C)C)cc3)ccc2O1. The van der Waals surface area contributed by atoms with Gasteiger partial charge in [-0.25, -0.2) is 4.79 Å². The Balaban J connectivity index is 1.60.